The predicted octanol–water partition coefficient (Wildman–Crippen LogP) is 4.94. The number of aromatic nitrogens is 3. The molecule has 4 rings (SSSR count). The first-order valence-electron chi connectivity index (χ1n) is 10.9. The molecule has 0 aliphatic rings. The van der Waals surface area contributed by atoms with Gasteiger partial charge in [-0.25, -0.2) is 4.39 Å². The number of halogens is 1. The van der Waals surface area contributed by atoms with Crippen molar-refractivity contribution >= 4 is 5.91 Å². The van der Waals surface area contributed by atoms with Crippen molar-refractivity contribution < 1.29 is 18.2 Å². The number of carbonyl (C=O) groups excluding carboxylic acids is 1. The van der Waals surface area contributed by atoms with E-state index < -0.39 is 0 Å². The number of benzene rings is 2. The highest BCUT2D eigenvalue weighted by molar-refractivity contribution is 5.75. The molecule has 0 bridgehead atoms. The molecule has 2 aromatic carbocycles. The summed E-state index contributed by atoms with van der Waals surface area (Å²) < 4.78 is 23.7. The van der Waals surface area contributed by atoms with E-state index in [1.165, 1.54) is 12.1 Å². The first kappa shape index (κ1) is 22.4. The van der Waals surface area contributed by atoms with Crippen LogP contribution in [-0.4, -0.2) is 39.7 Å². The van der Waals surface area contributed by atoms with Crippen LogP contribution in [0.3, 0.4) is 0 Å². The number of nitrogens with zero attached hydrogens (tertiary/aromatic N) is 4. The molecule has 4 aromatic rings. The number of carbonyl (C=O) groups is 1. The molecule has 0 fully saturated rings. The summed E-state index contributed by atoms with van der Waals surface area (Å²) in [6.07, 6.45) is 3.01. The Morgan fingerprint density at radius 2 is 1.73 bits per heavy atom. The zero-order valence-corrected chi connectivity index (χ0v) is 18.4. The summed E-state index contributed by atoms with van der Waals surface area (Å²) in [6.45, 7) is 0.634. The van der Waals surface area contributed by atoms with Gasteiger partial charge in [0.05, 0.1) is 0 Å². The molecule has 8 heteroatoms. The lowest BCUT2D eigenvalue weighted by molar-refractivity contribution is -0.130. The zero-order valence-electron chi connectivity index (χ0n) is 18.4. The molecule has 0 saturated heterocycles. The Morgan fingerprint density at radius 3 is 2.52 bits per heavy atom. The van der Waals surface area contributed by atoms with Gasteiger partial charge in [0.25, 0.3) is 0 Å². The standard InChI is InChI=1S/C25H25FN4O3/c1-30(16-6-9-21-17-22(28-32-21)18-7-3-2-4-8-18)24(31)11-5-10-23-27-25(29-33-23)19-12-14-20(26)15-13-19/h2-4,7-8,12-15,17H,5-6,9-11,16H2,1H3. The van der Waals surface area contributed by atoms with E-state index >= 15 is 0 Å². The van der Waals surface area contributed by atoms with Gasteiger partial charge in [0.15, 0.2) is 0 Å². The molecular weight excluding hydrogens is 423 g/mol. The molecule has 0 aliphatic carbocycles. The predicted molar refractivity (Wildman–Crippen MR) is 121 cm³/mol. The number of amides is 1. The van der Waals surface area contributed by atoms with Gasteiger partial charge in [0, 0.05) is 50.0 Å². The Balaban J connectivity index is 1.17. The van der Waals surface area contributed by atoms with Gasteiger partial charge in [0.2, 0.25) is 17.6 Å². The van der Waals surface area contributed by atoms with Crippen LogP contribution in [-0.2, 0) is 17.6 Å². The third kappa shape index (κ3) is 6.12. The quantitative estimate of drug-likeness (QED) is 0.341. The second-order valence-electron chi connectivity index (χ2n) is 7.84. The van der Waals surface area contributed by atoms with Gasteiger partial charge in [-0.1, -0.05) is 40.6 Å². The maximum Gasteiger partial charge on any atom is 0.226 e. The Kier molecular flexibility index (Phi) is 7.24. The van der Waals surface area contributed by atoms with E-state index in [9.17, 15) is 9.18 Å². The maximum atomic E-state index is 13.0. The molecule has 0 atom stereocenters. The van der Waals surface area contributed by atoms with Crippen molar-refractivity contribution in [2.75, 3.05) is 13.6 Å². The Hall–Kier alpha value is -3.81. The highest BCUT2D eigenvalue weighted by Gasteiger charge is 2.13. The second-order valence-corrected chi connectivity index (χ2v) is 7.84. The highest BCUT2D eigenvalue weighted by atomic mass is 19.1. The molecule has 0 radical (unpaired) electrons. The van der Waals surface area contributed by atoms with Crippen LogP contribution in [0.5, 0.6) is 0 Å². The Labute approximate surface area is 191 Å². The first-order chi connectivity index (χ1) is 16.1. The number of rotatable bonds is 10. The molecule has 170 valence electrons. The van der Waals surface area contributed by atoms with Crippen LogP contribution in [0.25, 0.3) is 22.6 Å². The summed E-state index contributed by atoms with van der Waals surface area (Å²) in [5.74, 6) is 1.43. The molecule has 0 unspecified atom stereocenters. The molecule has 0 spiro atoms. The van der Waals surface area contributed by atoms with E-state index in [0.29, 0.717) is 49.5 Å². The lowest BCUT2D eigenvalue weighted by atomic mass is 10.1. The summed E-state index contributed by atoms with van der Waals surface area (Å²) in [5, 5.41) is 8.04. The van der Waals surface area contributed by atoms with Crippen LogP contribution < -0.4 is 0 Å². The monoisotopic (exact) mass is 448 g/mol. The van der Waals surface area contributed by atoms with E-state index in [0.717, 1.165) is 23.4 Å². The van der Waals surface area contributed by atoms with Gasteiger partial charge in [-0.2, -0.15) is 4.98 Å². The summed E-state index contributed by atoms with van der Waals surface area (Å²) in [4.78, 5) is 18.5. The van der Waals surface area contributed by atoms with Crippen molar-refractivity contribution in [1.82, 2.24) is 20.2 Å². The van der Waals surface area contributed by atoms with Crippen LogP contribution in [0, 0.1) is 5.82 Å². The Bertz CT molecular complexity index is 1170. The van der Waals surface area contributed by atoms with Gasteiger partial charge >= 0.3 is 0 Å². The van der Waals surface area contributed by atoms with Crippen molar-refractivity contribution in [1.29, 1.82) is 0 Å². The fraction of sp³-hybridized carbons (Fsp3) is 0.280. The van der Waals surface area contributed by atoms with E-state index in [-0.39, 0.29) is 11.7 Å². The van der Waals surface area contributed by atoms with Crippen LogP contribution in [0.4, 0.5) is 4.39 Å². The van der Waals surface area contributed by atoms with Crippen LogP contribution in [0.15, 0.2) is 69.7 Å². The summed E-state index contributed by atoms with van der Waals surface area (Å²) >= 11 is 0. The van der Waals surface area contributed by atoms with Crippen molar-refractivity contribution in [2.45, 2.75) is 32.1 Å². The molecular formula is C25H25FN4O3. The van der Waals surface area contributed by atoms with Crippen LogP contribution >= 0.6 is 0 Å². The normalized spacial score (nSPS) is 11.0. The van der Waals surface area contributed by atoms with Gasteiger partial charge in [-0.15, -0.1) is 0 Å². The molecule has 7 nitrogen and oxygen atoms in total. The SMILES string of the molecule is CN(CCCc1cc(-c2ccccc2)no1)C(=O)CCCc1nc(-c2ccc(F)cc2)no1. The lowest BCUT2D eigenvalue weighted by Gasteiger charge is -2.16. The molecule has 0 N–H and O–H groups in total. The fourth-order valence-corrected chi connectivity index (χ4v) is 3.45. The lowest BCUT2D eigenvalue weighted by Crippen LogP contribution is -2.27. The molecule has 0 aliphatic heterocycles. The zero-order chi connectivity index (χ0) is 23.0. The number of hydrogen-bond donors (Lipinski definition) is 0. The van der Waals surface area contributed by atoms with Gasteiger partial charge < -0.3 is 13.9 Å². The molecule has 2 aromatic heterocycles. The molecule has 0 saturated carbocycles. The maximum absolute atomic E-state index is 13.0. The third-order valence-corrected chi connectivity index (χ3v) is 5.32. The Morgan fingerprint density at radius 1 is 0.939 bits per heavy atom. The van der Waals surface area contributed by atoms with Crippen molar-refractivity contribution in [2.24, 2.45) is 0 Å². The average Bonchev–Trinajstić information content (AvgIpc) is 3.50. The molecule has 2 heterocycles. The summed E-state index contributed by atoms with van der Waals surface area (Å²) in [5.41, 5.74) is 2.52. The minimum atomic E-state index is -0.317. The number of hydrogen-bond acceptors (Lipinski definition) is 6. The van der Waals surface area contributed by atoms with E-state index in [1.807, 2.05) is 36.4 Å². The van der Waals surface area contributed by atoms with E-state index in [1.54, 1.807) is 24.1 Å². The fourth-order valence-electron chi connectivity index (χ4n) is 3.45. The van der Waals surface area contributed by atoms with Gasteiger partial charge in [-0.3, -0.25) is 4.79 Å². The largest absolute Gasteiger partial charge is 0.361 e. The highest BCUT2D eigenvalue weighted by Crippen LogP contribution is 2.20. The van der Waals surface area contributed by atoms with E-state index in [4.69, 9.17) is 9.05 Å². The molecule has 33 heavy (non-hydrogen) atoms. The topological polar surface area (TPSA) is 85.3 Å². The van der Waals surface area contributed by atoms with E-state index in [2.05, 4.69) is 15.3 Å². The van der Waals surface area contributed by atoms with Crippen molar-refractivity contribution in [3.63, 3.8) is 0 Å². The van der Waals surface area contributed by atoms with Crippen molar-refractivity contribution in [3.05, 3.63) is 78.1 Å². The third-order valence-electron chi connectivity index (χ3n) is 5.32. The first-order valence-corrected chi connectivity index (χ1v) is 10.9. The molecule has 1 amide bonds. The van der Waals surface area contributed by atoms with Gasteiger partial charge in [-0.05, 0) is 37.1 Å². The van der Waals surface area contributed by atoms with Crippen LogP contribution in [0.2, 0.25) is 0 Å². The minimum absolute atomic E-state index is 0.0656. The smallest absolute Gasteiger partial charge is 0.226 e. The average molecular weight is 448 g/mol. The van der Waals surface area contributed by atoms with Crippen molar-refractivity contribution in [3.8, 4) is 22.6 Å². The number of aryl methyl sites for hydroxylation is 2. The second kappa shape index (κ2) is 10.7. The summed E-state index contributed by atoms with van der Waals surface area (Å²) in [6, 6.07) is 17.7. The van der Waals surface area contributed by atoms with Crippen LogP contribution in [0.1, 0.15) is 30.9 Å². The van der Waals surface area contributed by atoms with Gasteiger partial charge in [0.1, 0.15) is 17.3 Å². The summed E-state index contributed by atoms with van der Waals surface area (Å²) in [7, 11) is 1.80. The minimum Gasteiger partial charge on any atom is -0.361 e.